The first-order valence-corrected chi connectivity index (χ1v) is 4.86. The lowest BCUT2D eigenvalue weighted by atomic mass is 10.1. The number of hydroxylamine groups is 1. The van der Waals surface area contributed by atoms with Gasteiger partial charge in [0.1, 0.15) is 5.75 Å². The maximum atomic E-state index is 11.6. The van der Waals surface area contributed by atoms with Gasteiger partial charge in [0.25, 0.3) is 5.91 Å². The third-order valence-corrected chi connectivity index (χ3v) is 2.01. The van der Waals surface area contributed by atoms with Crippen LogP contribution in [0.5, 0.6) is 5.75 Å². The van der Waals surface area contributed by atoms with E-state index in [-0.39, 0.29) is 11.7 Å². The number of methoxy groups -OCH3 is 1. The number of ether oxygens (including phenoxy) is 1. The monoisotopic (exact) mass is 225 g/mol. The quantitative estimate of drug-likeness (QED) is 0.579. The van der Waals surface area contributed by atoms with Crippen molar-refractivity contribution < 1.29 is 19.5 Å². The van der Waals surface area contributed by atoms with Crippen LogP contribution in [0.15, 0.2) is 18.2 Å². The van der Waals surface area contributed by atoms with Crippen molar-refractivity contribution in [2.75, 3.05) is 20.3 Å². The molecule has 0 fully saturated rings. The number of amides is 1. The van der Waals surface area contributed by atoms with Crippen molar-refractivity contribution in [2.45, 2.75) is 6.92 Å². The van der Waals surface area contributed by atoms with E-state index in [1.807, 2.05) is 0 Å². The lowest BCUT2D eigenvalue weighted by Gasteiger charge is -2.07. The lowest BCUT2D eigenvalue weighted by molar-refractivity contribution is 0.00885. The van der Waals surface area contributed by atoms with Gasteiger partial charge in [0.2, 0.25) is 0 Å². The highest BCUT2D eigenvalue weighted by molar-refractivity contribution is 5.95. The van der Waals surface area contributed by atoms with Gasteiger partial charge in [0.15, 0.2) is 0 Å². The fraction of sp³-hybridized carbons (Fsp3) is 0.364. The molecule has 16 heavy (non-hydrogen) atoms. The summed E-state index contributed by atoms with van der Waals surface area (Å²) in [4.78, 5) is 16.5. The Hall–Kier alpha value is -1.59. The highest BCUT2D eigenvalue weighted by Crippen LogP contribution is 2.15. The maximum absolute atomic E-state index is 11.6. The second kappa shape index (κ2) is 6.09. The van der Waals surface area contributed by atoms with Crippen LogP contribution < -0.4 is 5.48 Å². The van der Waals surface area contributed by atoms with Crippen molar-refractivity contribution in [1.82, 2.24) is 5.48 Å². The molecule has 1 rings (SSSR count). The number of carbonyl (C=O) groups is 1. The second-order valence-corrected chi connectivity index (χ2v) is 3.27. The van der Waals surface area contributed by atoms with Gasteiger partial charge < -0.3 is 9.84 Å². The fourth-order valence-electron chi connectivity index (χ4n) is 1.20. The predicted molar refractivity (Wildman–Crippen MR) is 58.1 cm³/mol. The van der Waals surface area contributed by atoms with Gasteiger partial charge in [-0.2, -0.15) is 0 Å². The van der Waals surface area contributed by atoms with Crippen LogP contribution in [0.3, 0.4) is 0 Å². The average molecular weight is 225 g/mol. The highest BCUT2D eigenvalue weighted by atomic mass is 16.7. The van der Waals surface area contributed by atoms with E-state index in [1.165, 1.54) is 12.1 Å². The first-order valence-electron chi connectivity index (χ1n) is 4.86. The van der Waals surface area contributed by atoms with Crippen LogP contribution in [0.4, 0.5) is 0 Å². The van der Waals surface area contributed by atoms with Crippen molar-refractivity contribution in [3.8, 4) is 5.75 Å². The summed E-state index contributed by atoms with van der Waals surface area (Å²) >= 11 is 0. The maximum Gasteiger partial charge on any atom is 0.275 e. The van der Waals surface area contributed by atoms with E-state index < -0.39 is 0 Å². The van der Waals surface area contributed by atoms with Gasteiger partial charge in [-0.15, -0.1) is 0 Å². The van der Waals surface area contributed by atoms with E-state index in [1.54, 1.807) is 20.1 Å². The lowest BCUT2D eigenvalue weighted by Crippen LogP contribution is -2.26. The number of phenolic OH excluding ortho intramolecular Hbond substituents is 1. The molecule has 5 heteroatoms. The van der Waals surface area contributed by atoms with Crippen LogP contribution in [-0.4, -0.2) is 31.3 Å². The van der Waals surface area contributed by atoms with E-state index >= 15 is 0 Å². The van der Waals surface area contributed by atoms with Gasteiger partial charge in [0, 0.05) is 12.7 Å². The summed E-state index contributed by atoms with van der Waals surface area (Å²) in [5.41, 5.74) is 3.45. The van der Waals surface area contributed by atoms with E-state index in [0.717, 1.165) is 0 Å². The SMILES string of the molecule is COCCONC(=O)c1ccc(O)cc1C. The zero-order valence-corrected chi connectivity index (χ0v) is 9.32. The Morgan fingerprint density at radius 2 is 2.19 bits per heavy atom. The van der Waals surface area contributed by atoms with Gasteiger partial charge in [-0.1, -0.05) is 0 Å². The van der Waals surface area contributed by atoms with Crippen LogP contribution >= 0.6 is 0 Å². The van der Waals surface area contributed by atoms with Crippen LogP contribution in [0, 0.1) is 6.92 Å². The minimum absolute atomic E-state index is 0.134. The summed E-state index contributed by atoms with van der Waals surface area (Å²) in [6.45, 7) is 2.44. The smallest absolute Gasteiger partial charge is 0.275 e. The van der Waals surface area contributed by atoms with E-state index in [9.17, 15) is 9.90 Å². The Morgan fingerprint density at radius 1 is 1.44 bits per heavy atom. The first-order chi connectivity index (χ1) is 7.65. The van der Waals surface area contributed by atoms with Gasteiger partial charge in [-0.05, 0) is 30.7 Å². The molecule has 0 bridgehead atoms. The zero-order valence-electron chi connectivity index (χ0n) is 9.32. The highest BCUT2D eigenvalue weighted by Gasteiger charge is 2.08. The van der Waals surface area contributed by atoms with E-state index in [0.29, 0.717) is 24.3 Å². The van der Waals surface area contributed by atoms with Crippen molar-refractivity contribution in [1.29, 1.82) is 0 Å². The molecule has 0 radical (unpaired) electrons. The molecule has 2 N–H and O–H groups in total. The topological polar surface area (TPSA) is 67.8 Å². The summed E-state index contributed by atoms with van der Waals surface area (Å²) in [7, 11) is 1.55. The van der Waals surface area contributed by atoms with Crippen molar-refractivity contribution >= 4 is 5.91 Å². The molecular formula is C11H15NO4. The molecule has 0 aromatic heterocycles. The fourth-order valence-corrected chi connectivity index (χ4v) is 1.20. The Bertz CT molecular complexity index is 365. The molecule has 88 valence electrons. The van der Waals surface area contributed by atoms with Gasteiger partial charge in [0.05, 0.1) is 13.2 Å². The molecular weight excluding hydrogens is 210 g/mol. The van der Waals surface area contributed by atoms with Gasteiger partial charge in [-0.3, -0.25) is 9.63 Å². The number of carbonyl (C=O) groups excluding carboxylic acids is 1. The predicted octanol–water partition coefficient (Wildman–Crippen LogP) is 1.01. The average Bonchev–Trinajstić information content (AvgIpc) is 2.24. The largest absolute Gasteiger partial charge is 0.508 e. The van der Waals surface area contributed by atoms with Gasteiger partial charge >= 0.3 is 0 Å². The third-order valence-electron chi connectivity index (χ3n) is 2.01. The van der Waals surface area contributed by atoms with E-state index in [2.05, 4.69) is 5.48 Å². The number of phenols is 1. The van der Waals surface area contributed by atoms with E-state index in [4.69, 9.17) is 9.57 Å². The number of aryl methyl sites for hydroxylation is 1. The Balaban J connectivity index is 2.53. The Labute approximate surface area is 93.9 Å². The van der Waals surface area contributed by atoms with Gasteiger partial charge in [-0.25, -0.2) is 5.48 Å². The zero-order chi connectivity index (χ0) is 12.0. The number of hydrogen-bond acceptors (Lipinski definition) is 4. The van der Waals surface area contributed by atoms with Crippen molar-refractivity contribution in [3.05, 3.63) is 29.3 Å². The molecule has 0 aliphatic heterocycles. The molecule has 1 aromatic rings. The Morgan fingerprint density at radius 3 is 2.81 bits per heavy atom. The molecule has 0 saturated carbocycles. The standard InChI is InChI=1S/C11H15NO4/c1-8-7-9(13)3-4-10(8)11(14)12-16-6-5-15-2/h3-4,7,13H,5-6H2,1-2H3,(H,12,14). The summed E-state index contributed by atoms with van der Waals surface area (Å²) in [5.74, 6) is -0.206. The minimum Gasteiger partial charge on any atom is -0.508 e. The molecule has 0 aliphatic rings. The van der Waals surface area contributed by atoms with Crippen molar-refractivity contribution in [3.63, 3.8) is 0 Å². The molecule has 0 unspecified atom stereocenters. The number of nitrogens with one attached hydrogen (secondary N) is 1. The summed E-state index contributed by atoms with van der Waals surface area (Å²) < 4.78 is 4.76. The third kappa shape index (κ3) is 3.52. The number of hydrogen-bond donors (Lipinski definition) is 2. The molecule has 5 nitrogen and oxygen atoms in total. The molecule has 0 aliphatic carbocycles. The number of benzene rings is 1. The summed E-state index contributed by atoms with van der Waals surface area (Å²) in [6, 6.07) is 4.51. The minimum atomic E-state index is -0.339. The normalized spacial score (nSPS) is 10.1. The second-order valence-electron chi connectivity index (χ2n) is 3.27. The number of aromatic hydroxyl groups is 1. The molecule has 0 heterocycles. The molecule has 0 atom stereocenters. The summed E-state index contributed by atoms with van der Waals surface area (Å²) in [6.07, 6.45) is 0. The van der Waals surface area contributed by atoms with Crippen LogP contribution in [0.2, 0.25) is 0 Å². The first kappa shape index (κ1) is 12.5. The Kier molecular flexibility index (Phi) is 4.75. The van der Waals surface area contributed by atoms with Crippen LogP contribution in [0.25, 0.3) is 0 Å². The molecule has 1 aromatic carbocycles. The molecule has 0 spiro atoms. The molecule has 1 amide bonds. The number of rotatable bonds is 5. The summed E-state index contributed by atoms with van der Waals surface area (Å²) in [5, 5.41) is 9.19. The molecule has 0 saturated heterocycles. The van der Waals surface area contributed by atoms with Crippen LogP contribution in [0.1, 0.15) is 15.9 Å². The van der Waals surface area contributed by atoms with Crippen LogP contribution in [-0.2, 0) is 9.57 Å². The van der Waals surface area contributed by atoms with Crippen molar-refractivity contribution in [2.24, 2.45) is 0 Å².